The van der Waals surface area contributed by atoms with Gasteiger partial charge in [0.25, 0.3) is 0 Å². The van der Waals surface area contributed by atoms with E-state index in [1.165, 1.54) is 13.0 Å². The lowest BCUT2D eigenvalue weighted by atomic mass is 10.2. The Balaban J connectivity index is 2.87. The van der Waals surface area contributed by atoms with Gasteiger partial charge >= 0.3 is 11.9 Å². The molecule has 0 amide bonds. The highest BCUT2D eigenvalue weighted by Crippen LogP contribution is 2.10. The number of rotatable bonds is 5. The van der Waals surface area contributed by atoms with Crippen LogP contribution in [0.2, 0.25) is 0 Å². The van der Waals surface area contributed by atoms with Crippen molar-refractivity contribution in [3.8, 4) is 0 Å². The maximum Gasteiger partial charge on any atom is 0.374 e. The molecule has 0 atom stereocenters. The van der Waals surface area contributed by atoms with E-state index in [9.17, 15) is 9.59 Å². The highest BCUT2D eigenvalue weighted by molar-refractivity contribution is 5.93. The molecule has 0 unspecified atom stereocenters. The first-order valence-corrected chi connectivity index (χ1v) is 5.75. The lowest BCUT2D eigenvalue weighted by molar-refractivity contribution is -0.150. The molecule has 0 aliphatic carbocycles. The molecule has 0 bridgehead atoms. The highest BCUT2D eigenvalue weighted by atomic mass is 16.6. The molecule has 0 aliphatic heterocycles. The van der Waals surface area contributed by atoms with Crippen molar-refractivity contribution >= 4 is 18.0 Å². The smallest absolute Gasteiger partial charge is 0.374 e. The third-order valence-electron chi connectivity index (χ3n) is 1.99. The molecule has 0 aromatic heterocycles. The van der Waals surface area contributed by atoms with Gasteiger partial charge in [0.1, 0.15) is 0 Å². The van der Waals surface area contributed by atoms with Crippen molar-refractivity contribution in [2.45, 2.75) is 20.3 Å². The van der Waals surface area contributed by atoms with E-state index in [2.05, 4.69) is 0 Å². The molecule has 0 heterocycles. The number of hydrogen-bond donors (Lipinski definition) is 0. The molecule has 0 saturated carbocycles. The largest absolute Gasteiger partial charge is 0.460 e. The zero-order valence-electron chi connectivity index (χ0n) is 10.5. The van der Waals surface area contributed by atoms with E-state index in [0.29, 0.717) is 13.0 Å². The van der Waals surface area contributed by atoms with Crippen LogP contribution in [0.3, 0.4) is 0 Å². The summed E-state index contributed by atoms with van der Waals surface area (Å²) < 4.78 is 9.80. The van der Waals surface area contributed by atoms with E-state index in [-0.39, 0.29) is 5.76 Å². The van der Waals surface area contributed by atoms with Crippen LogP contribution < -0.4 is 0 Å². The van der Waals surface area contributed by atoms with Crippen molar-refractivity contribution in [2.75, 3.05) is 6.61 Å². The first-order valence-electron chi connectivity index (χ1n) is 5.75. The lowest BCUT2D eigenvalue weighted by Crippen LogP contribution is -2.13. The second-order valence-electron chi connectivity index (χ2n) is 3.65. The molecule has 1 rings (SSSR count). The Kier molecular flexibility index (Phi) is 5.64. The zero-order chi connectivity index (χ0) is 13.4. The molecular weight excluding hydrogens is 232 g/mol. The predicted octanol–water partition coefficient (Wildman–Crippen LogP) is 2.54. The number of ether oxygens (including phenoxy) is 2. The molecule has 96 valence electrons. The molecule has 0 spiro atoms. The fourth-order valence-corrected chi connectivity index (χ4v) is 1.25. The average Bonchev–Trinajstić information content (AvgIpc) is 2.36. The number of esters is 2. The number of benzene rings is 1. The summed E-state index contributed by atoms with van der Waals surface area (Å²) in [6, 6.07) is 9.12. The van der Waals surface area contributed by atoms with Gasteiger partial charge in [-0.15, -0.1) is 0 Å². The fraction of sp³-hybridized carbons (Fsp3) is 0.286. The summed E-state index contributed by atoms with van der Waals surface area (Å²) >= 11 is 0. The molecule has 0 saturated heterocycles. The number of carbonyl (C=O) groups excluding carboxylic acids is 2. The van der Waals surface area contributed by atoms with Crippen LogP contribution in [0, 0.1) is 0 Å². The van der Waals surface area contributed by atoms with Crippen LogP contribution in [-0.2, 0) is 19.1 Å². The van der Waals surface area contributed by atoms with Gasteiger partial charge in [0.05, 0.1) is 6.61 Å². The van der Waals surface area contributed by atoms with Crippen molar-refractivity contribution in [3.05, 3.63) is 41.7 Å². The van der Waals surface area contributed by atoms with E-state index < -0.39 is 11.9 Å². The van der Waals surface area contributed by atoms with E-state index in [4.69, 9.17) is 9.47 Å². The van der Waals surface area contributed by atoms with Gasteiger partial charge in [-0.3, -0.25) is 4.79 Å². The SMILES string of the molecule is CCCOC(=O)/C(=C/c1ccccc1)OC(C)=O. The summed E-state index contributed by atoms with van der Waals surface area (Å²) in [6.07, 6.45) is 2.20. The van der Waals surface area contributed by atoms with E-state index in [1.807, 2.05) is 25.1 Å². The lowest BCUT2D eigenvalue weighted by Gasteiger charge is -2.07. The topological polar surface area (TPSA) is 52.6 Å². The molecule has 18 heavy (non-hydrogen) atoms. The molecule has 0 N–H and O–H groups in total. The van der Waals surface area contributed by atoms with Crippen LogP contribution >= 0.6 is 0 Å². The molecule has 0 fully saturated rings. The summed E-state index contributed by atoms with van der Waals surface area (Å²) in [5, 5.41) is 0. The molecule has 1 aromatic carbocycles. The molecule has 0 radical (unpaired) electrons. The second kappa shape index (κ2) is 7.27. The Morgan fingerprint density at radius 2 is 1.89 bits per heavy atom. The Morgan fingerprint density at radius 1 is 1.22 bits per heavy atom. The molecule has 0 aliphatic rings. The van der Waals surface area contributed by atoms with Crippen molar-refractivity contribution < 1.29 is 19.1 Å². The van der Waals surface area contributed by atoms with Crippen molar-refractivity contribution in [1.82, 2.24) is 0 Å². The minimum Gasteiger partial charge on any atom is -0.460 e. The van der Waals surface area contributed by atoms with E-state index in [0.717, 1.165) is 5.56 Å². The fourth-order valence-electron chi connectivity index (χ4n) is 1.25. The summed E-state index contributed by atoms with van der Waals surface area (Å²) in [5.41, 5.74) is 0.766. The van der Waals surface area contributed by atoms with Crippen LogP contribution in [0.1, 0.15) is 25.8 Å². The normalized spacial score (nSPS) is 10.9. The highest BCUT2D eigenvalue weighted by Gasteiger charge is 2.14. The Labute approximate surface area is 106 Å². The van der Waals surface area contributed by atoms with Gasteiger partial charge in [-0.25, -0.2) is 4.79 Å². The van der Waals surface area contributed by atoms with Gasteiger partial charge < -0.3 is 9.47 Å². The Hall–Kier alpha value is -2.10. The van der Waals surface area contributed by atoms with Gasteiger partial charge in [-0.1, -0.05) is 37.3 Å². The standard InChI is InChI=1S/C14H16O4/c1-3-9-17-14(16)13(18-11(2)15)10-12-7-5-4-6-8-12/h4-8,10H,3,9H2,1-2H3/b13-10-. The average molecular weight is 248 g/mol. The van der Waals surface area contributed by atoms with Gasteiger partial charge in [-0.2, -0.15) is 0 Å². The minimum atomic E-state index is -0.629. The van der Waals surface area contributed by atoms with Crippen LogP contribution in [-0.4, -0.2) is 18.5 Å². The van der Waals surface area contributed by atoms with Crippen molar-refractivity contribution in [3.63, 3.8) is 0 Å². The van der Waals surface area contributed by atoms with Crippen LogP contribution in [0.4, 0.5) is 0 Å². The van der Waals surface area contributed by atoms with Crippen molar-refractivity contribution in [2.24, 2.45) is 0 Å². The Morgan fingerprint density at radius 3 is 2.44 bits per heavy atom. The van der Waals surface area contributed by atoms with Gasteiger partial charge in [0.2, 0.25) is 5.76 Å². The maximum atomic E-state index is 11.7. The van der Waals surface area contributed by atoms with Crippen LogP contribution in [0.15, 0.2) is 36.1 Å². The third kappa shape index (κ3) is 4.82. The third-order valence-corrected chi connectivity index (χ3v) is 1.99. The van der Waals surface area contributed by atoms with E-state index in [1.54, 1.807) is 12.1 Å². The quantitative estimate of drug-likeness (QED) is 0.456. The maximum absolute atomic E-state index is 11.7. The molecule has 4 nitrogen and oxygen atoms in total. The Bertz CT molecular complexity index is 434. The summed E-state index contributed by atoms with van der Waals surface area (Å²) in [6.45, 7) is 3.43. The van der Waals surface area contributed by atoms with E-state index >= 15 is 0 Å². The monoisotopic (exact) mass is 248 g/mol. The van der Waals surface area contributed by atoms with Crippen LogP contribution in [0.5, 0.6) is 0 Å². The summed E-state index contributed by atoms with van der Waals surface area (Å²) in [7, 11) is 0. The first kappa shape index (κ1) is 14.0. The van der Waals surface area contributed by atoms with Gasteiger partial charge in [0.15, 0.2) is 0 Å². The van der Waals surface area contributed by atoms with Gasteiger partial charge in [-0.05, 0) is 18.1 Å². The second-order valence-corrected chi connectivity index (χ2v) is 3.65. The molecule has 1 aromatic rings. The number of carbonyl (C=O) groups is 2. The molecular formula is C14H16O4. The number of hydrogen-bond acceptors (Lipinski definition) is 4. The first-order chi connectivity index (χ1) is 8.63. The van der Waals surface area contributed by atoms with Gasteiger partial charge in [0, 0.05) is 6.92 Å². The summed E-state index contributed by atoms with van der Waals surface area (Å²) in [4.78, 5) is 22.6. The summed E-state index contributed by atoms with van der Waals surface area (Å²) in [5.74, 6) is -1.27. The zero-order valence-corrected chi connectivity index (χ0v) is 10.5. The predicted molar refractivity (Wildman–Crippen MR) is 67.4 cm³/mol. The van der Waals surface area contributed by atoms with Crippen LogP contribution in [0.25, 0.3) is 6.08 Å². The van der Waals surface area contributed by atoms with Crippen molar-refractivity contribution in [1.29, 1.82) is 0 Å². The molecule has 4 heteroatoms. The minimum absolute atomic E-state index is 0.0952.